The molecule has 0 spiro atoms. The predicted molar refractivity (Wildman–Crippen MR) is 29.0 cm³/mol. The van der Waals surface area contributed by atoms with Crippen molar-refractivity contribution in [3.8, 4) is 0 Å². The number of halogens is 1. The fraction of sp³-hybridized carbons (Fsp3) is 0.750. The fourth-order valence-electron chi connectivity index (χ4n) is 0.0546. The van der Waals surface area contributed by atoms with E-state index in [1.165, 1.54) is 0 Å². The summed E-state index contributed by atoms with van der Waals surface area (Å²) in [5.41, 5.74) is 0. The quantitative estimate of drug-likeness (QED) is 0.532. The van der Waals surface area contributed by atoms with E-state index in [0.717, 1.165) is 0 Å². The second-order valence-corrected chi connectivity index (χ2v) is 0.957. The second-order valence-electron chi connectivity index (χ2n) is 0.803. The van der Waals surface area contributed by atoms with Gasteiger partial charge in [-0.1, -0.05) is 14.4 Å². The zero-order valence-corrected chi connectivity index (χ0v) is 4.16. The van der Waals surface area contributed by atoms with Crippen LogP contribution in [0.15, 0.2) is 0 Å². The number of rotatable bonds is 1. The number of carbonyl (C=O) groups excluding carboxylic acids is 1. The Kier molecular flexibility index (Phi) is 8.15. The van der Waals surface area contributed by atoms with Gasteiger partial charge in [0.05, 0.1) is 0 Å². The van der Waals surface area contributed by atoms with Crippen LogP contribution < -0.4 is 0 Å². The lowest BCUT2D eigenvalue weighted by molar-refractivity contribution is -0.133. The van der Waals surface area contributed by atoms with Crippen LogP contribution >= 0.6 is 11.9 Å². The van der Waals surface area contributed by atoms with Gasteiger partial charge in [-0.25, -0.2) is 0 Å². The Bertz CT molecular complexity index is 47.7. The summed E-state index contributed by atoms with van der Waals surface area (Å²) in [5.74, 6) is -0.392. The average molecular weight is 125 g/mol. The molecule has 0 aliphatic carbocycles. The van der Waals surface area contributed by atoms with E-state index in [1.54, 1.807) is 6.92 Å². The zero-order chi connectivity index (χ0) is 4.99. The van der Waals surface area contributed by atoms with Crippen LogP contribution in [0, 0.1) is 0 Å². The maximum absolute atomic E-state index is 9.83. The molecule has 44 valence electrons. The lowest BCUT2D eigenvalue weighted by Crippen LogP contribution is -1.90. The molecule has 0 saturated carbocycles. The first-order valence-corrected chi connectivity index (χ1v) is 1.93. The molecule has 0 aromatic rings. The first-order valence-electron chi connectivity index (χ1n) is 1.62. The minimum atomic E-state index is -0.392. The zero-order valence-electron chi connectivity index (χ0n) is 3.40. The van der Waals surface area contributed by atoms with Crippen LogP contribution in [-0.4, -0.2) is 5.97 Å². The van der Waals surface area contributed by atoms with E-state index in [2.05, 4.69) is 16.2 Å². The Balaban J connectivity index is 0. The summed E-state index contributed by atoms with van der Waals surface area (Å²) in [6.45, 7) is 1.67. The van der Waals surface area contributed by atoms with Gasteiger partial charge in [-0.15, -0.1) is 0 Å². The third-order valence-corrected chi connectivity index (χ3v) is 0.547. The van der Waals surface area contributed by atoms with Gasteiger partial charge in [0.15, 0.2) is 0 Å². The van der Waals surface area contributed by atoms with Crippen molar-refractivity contribution in [3.63, 3.8) is 0 Å². The Morgan fingerprint density at radius 2 is 2.29 bits per heavy atom. The van der Waals surface area contributed by atoms with Crippen LogP contribution in [0.4, 0.5) is 0 Å². The topological polar surface area (TPSA) is 26.3 Å². The SMILES string of the molecule is C.CCC(=O)OCl. The third-order valence-electron chi connectivity index (χ3n) is 0.375. The monoisotopic (exact) mass is 124 g/mol. The highest BCUT2D eigenvalue weighted by molar-refractivity contribution is 6.13. The summed E-state index contributed by atoms with van der Waals surface area (Å²) in [7, 11) is 0. The normalized spacial score (nSPS) is 6.57. The van der Waals surface area contributed by atoms with Crippen molar-refractivity contribution in [1.29, 1.82) is 0 Å². The third kappa shape index (κ3) is 5.76. The molecule has 3 heteroatoms. The van der Waals surface area contributed by atoms with Crippen LogP contribution in [0.5, 0.6) is 0 Å². The average Bonchev–Trinajstić information content (AvgIpc) is 1.65. The predicted octanol–water partition coefficient (Wildman–Crippen LogP) is 1.73. The van der Waals surface area contributed by atoms with Gasteiger partial charge in [0.1, 0.15) is 11.9 Å². The second kappa shape index (κ2) is 5.76. The van der Waals surface area contributed by atoms with Gasteiger partial charge in [-0.3, -0.25) is 4.79 Å². The molecule has 0 rings (SSSR count). The first kappa shape index (κ1) is 9.90. The minimum absolute atomic E-state index is 0. The van der Waals surface area contributed by atoms with E-state index in [9.17, 15) is 4.79 Å². The molecule has 7 heavy (non-hydrogen) atoms. The molecule has 0 N–H and O–H groups in total. The van der Waals surface area contributed by atoms with Crippen molar-refractivity contribution in [1.82, 2.24) is 0 Å². The van der Waals surface area contributed by atoms with Crippen molar-refractivity contribution >= 4 is 17.8 Å². The van der Waals surface area contributed by atoms with E-state index < -0.39 is 5.97 Å². The summed E-state index contributed by atoms with van der Waals surface area (Å²) in [6, 6.07) is 0. The van der Waals surface area contributed by atoms with Crippen LogP contribution in [0.3, 0.4) is 0 Å². The highest BCUT2D eigenvalue weighted by atomic mass is 35.5. The van der Waals surface area contributed by atoms with Gasteiger partial charge in [0.2, 0.25) is 0 Å². The van der Waals surface area contributed by atoms with Gasteiger partial charge >= 0.3 is 5.97 Å². The molecule has 0 heterocycles. The lowest BCUT2D eigenvalue weighted by Gasteiger charge is -1.81. The lowest BCUT2D eigenvalue weighted by atomic mass is 10.5. The van der Waals surface area contributed by atoms with Gasteiger partial charge in [0.25, 0.3) is 0 Å². The van der Waals surface area contributed by atoms with E-state index >= 15 is 0 Å². The minimum Gasteiger partial charge on any atom is -0.348 e. The van der Waals surface area contributed by atoms with Crippen molar-refractivity contribution in [2.75, 3.05) is 0 Å². The molecule has 0 aliphatic rings. The number of carbonyl (C=O) groups is 1. The molecule has 0 radical (unpaired) electrons. The van der Waals surface area contributed by atoms with Crippen molar-refractivity contribution in [3.05, 3.63) is 0 Å². The van der Waals surface area contributed by atoms with Crippen molar-refractivity contribution < 1.29 is 9.08 Å². The number of hydrogen-bond acceptors (Lipinski definition) is 2. The summed E-state index contributed by atoms with van der Waals surface area (Å²) < 4.78 is 3.73. The van der Waals surface area contributed by atoms with Crippen LogP contribution in [0.25, 0.3) is 0 Å². The molecule has 0 bridgehead atoms. The van der Waals surface area contributed by atoms with Gasteiger partial charge in [-0.2, -0.15) is 0 Å². The van der Waals surface area contributed by atoms with Crippen molar-refractivity contribution in [2.45, 2.75) is 20.8 Å². The van der Waals surface area contributed by atoms with E-state index in [-0.39, 0.29) is 7.43 Å². The maximum Gasteiger partial charge on any atom is 0.324 e. The fourth-order valence-corrected chi connectivity index (χ4v) is 0.164. The highest BCUT2D eigenvalue weighted by Crippen LogP contribution is 1.84. The molecule has 0 aromatic heterocycles. The van der Waals surface area contributed by atoms with E-state index in [0.29, 0.717) is 6.42 Å². The van der Waals surface area contributed by atoms with Crippen molar-refractivity contribution in [2.24, 2.45) is 0 Å². The summed E-state index contributed by atoms with van der Waals surface area (Å²) in [5, 5.41) is 0. The summed E-state index contributed by atoms with van der Waals surface area (Å²) in [4.78, 5) is 9.83. The van der Waals surface area contributed by atoms with E-state index in [4.69, 9.17) is 0 Å². The molecule has 2 nitrogen and oxygen atoms in total. The first-order chi connectivity index (χ1) is 2.81. The van der Waals surface area contributed by atoms with Crippen LogP contribution in [0.1, 0.15) is 20.8 Å². The molecular formula is C4H9ClO2. The Labute approximate surface area is 48.6 Å². The molecule has 0 aromatic carbocycles. The molecule has 0 saturated heterocycles. The smallest absolute Gasteiger partial charge is 0.324 e. The number of hydrogen-bond donors (Lipinski definition) is 0. The molecule has 0 amide bonds. The highest BCUT2D eigenvalue weighted by Gasteiger charge is 1.90. The molecule has 0 fully saturated rings. The van der Waals surface area contributed by atoms with Gasteiger partial charge < -0.3 is 4.29 Å². The summed E-state index contributed by atoms with van der Waals surface area (Å²) >= 11 is 4.60. The standard InChI is InChI=1S/C3H5ClO2.CH4/c1-2-3(5)6-4;/h2H2,1H3;1H4. The Morgan fingerprint density at radius 1 is 1.86 bits per heavy atom. The maximum atomic E-state index is 9.83. The molecule has 0 aliphatic heterocycles. The summed E-state index contributed by atoms with van der Waals surface area (Å²) in [6.07, 6.45) is 0.337. The Hall–Kier alpha value is -0.240. The molecular weight excluding hydrogens is 115 g/mol. The van der Waals surface area contributed by atoms with Gasteiger partial charge in [0, 0.05) is 6.42 Å². The van der Waals surface area contributed by atoms with Crippen LogP contribution in [0.2, 0.25) is 0 Å². The molecule has 0 unspecified atom stereocenters. The Morgan fingerprint density at radius 3 is 2.29 bits per heavy atom. The van der Waals surface area contributed by atoms with Crippen LogP contribution in [-0.2, 0) is 9.08 Å². The molecule has 0 atom stereocenters. The largest absolute Gasteiger partial charge is 0.348 e. The van der Waals surface area contributed by atoms with Gasteiger partial charge in [-0.05, 0) is 0 Å². The van der Waals surface area contributed by atoms with E-state index in [1.807, 2.05) is 0 Å².